The number of rotatable bonds is 5. The Labute approximate surface area is 194 Å². The molecule has 4 aromatic rings. The van der Waals surface area contributed by atoms with Crippen molar-refractivity contribution in [1.82, 2.24) is 0 Å². The molecule has 0 aliphatic heterocycles. The Morgan fingerprint density at radius 3 is 2.30 bits per heavy atom. The summed E-state index contributed by atoms with van der Waals surface area (Å²) in [7, 11) is 1.63. The van der Waals surface area contributed by atoms with Crippen molar-refractivity contribution in [3.63, 3.8) is 0 Å². The molecular formula is C29H29NO3. The van der Waals surface area contributed by atoms with E-state index >= 15 is 0 Å². The van der Waals surface area contributed by atoms with Gasteiger partial charge in [0.15, 0.2) is 0 Å². The number of anilines is 1. The molecule has 0 atom stereocenters. The Kier molecular flexibility index (Phi) is 6.10. The first-order valence-electron chi connectivity index (χ1n) is 11.0. The van der Waals surface area contributed by atoms with Crippen LogP contribution in [0.4, 0.5) is 5.69 Å². The summed E-state index contributed by atoms with van der Waals surface area (Å²) in [4.78, 5) is 12.8. The van der Waals surface area contributed by atoms with Crippen LogP contribution in [0.2, 0.25) is 0 Å². The fourth-order valence-corrected chi connectivity index (χ4v) is 4.36. The summed E-state index contributed by atoms with van der Waals surface area (Å²) in [6, 6.07) is 16.3. The molecule has 1 aromatic heterocycles. The lowest BCUT2D eigenvalue weighted by Gasteiger charge is -2.11. The summed E-state index contributed by atoms with van der Waals surface area (Å²) in [5.41, 5.74) is 9.98. The molecule has 168 valence electrons. The third kappa shape index (κ3) is 4.70. The molecule has 0 unspecified atom stereocenters. The molecule has 0 spiro atoms. The number of furan rings is 1. The van der Waals surface area contributed by atoms with E-state index in [2.05, 4.69) is 43.4 Å². The number of benzene rings is 3. The van der Waals surface area contributed by atoms with E-state index in [0.717, 1.165) is 50.0 Å². The summed E-state index contributed by atoms with van der Waals surface area (Å²) in [5.74, 6) is 0.485. The summed E-state index contributed by atoms with van der Waals surface area (Å²) in [5, 5.41) is 3.96. The number of hydrogen-bond acceptors (Lipinski definition) is 3. The van der Waals surface area contributed by atoms with Crippen molar-refractivity contribution in [1.29, 1.82) is 0 Å². The van der Waals surface area contributed by atoms with Crippen LogP contribution in [0.25, 0.3) is 27.7 Å². The zero-order valence-electron chi connectivity index (χ0n) is 20.0. The van der Waals surface area contributed by atoms with Crippen molar-refractivity contribution in [2.75, 3.05) is 12.4 Å². The molecule has 0 saturated carbocycles. The van der Waals surface area contributed by atoms with Crippen molar-refractivity contribution >= 4 is 28.1 Å². The summed E-state index contributed by atoms with van der Waals surface area (Å²) < 4.78 is 11.5. The van der Waals surface area contributed by atoms with E-state index in [0.29, 0.717) is 5.75 Å². The first-order chi connectivity index (χ1) is 15.7. The number of aryl methyl sites for hydroxylation is 4. The van der Waals surface area contributed by atoms with Gasteiger partial charge in [0.05, 0.1) is 13.4 Å². The molecule has 0 saturated heterocycles. The largest absolute Gasteiger partial charge is 0.496 e. The van der Waals surface area contributed by atoms with Gasteiger partial charge in [0.25, 0.3) is 0 Å². The van der Waals surface area contributed by atoms with Crippen LogP contribution in [0.5, 0.6) is 5.75 Å². The number of methoxy groups -OCH3 is 1. The zero-order chi connectivity index (χ0) is 23.7. The molecule has 4 rings (SSSR count). The van der Waals surface area contributed by atoms with Crippen LogP contribution < -0.4 is 10.1 Å². The maximum atomic E-state index is 12.8. The van der Waals surface area contributed by atoms with Crippen molar-refractivity contribution in [3.05, 3.63) is 88.7 Å². The Balaban J connectivity index is 1.73. The molecule has 4 heteroatoms. The number of carbonyl (C=O) groups is 1. The molecule has 3 aromatic carbocycles. The lowest BCUT2D eigenvalue weighted by atomic mass is 9.96. The number of allylic oxidation sites excluding steroid dienone is 1. The normalized spacial score (nSPS) is 11.6. The maximum Gasteiger partial charge on any atom is 0.248 e. The molecule has 1 heterocycles. The molecule has 4 nitrogen and oxygen atoms in total. The smallest absolute Gasteiger partial charge is 0.248 e. The van der Waals surface area contributed by atoms with Crippen LogP contribution in [-0.2, 0) is 4.79 Å². The second-order valence-corrected chi connectivity index (χ2v) is 8.71. The summed E-state index contributed by atoms with van der Waals surface area (Å²) >= 11 is 0. The topological polar surface area (TPSA) is 51.5 Å². The second kappa shape index (κ2) is 8.99. The van der Waals surface area contributed by atoms with E-state index in [1.165, 1.54) is 11.1 Å². The number of nitrogens with one attached hydrogen (secondary N) is 1. The molecule has 33 heavy (non-hydrogen) atoms. The highest BCUT2D eigenvalue weighted by Crippen LogP contribution is 2.38. The first-order valence-corrected chi connectivity index (χ1v) is 11.0. The van der Waals surface area contributed by atoms with Crippen molar-refractivity contribution in [3.8, 4) is 16.9 Å². The minimum atomic E-state index is -0.179. The van der Waals surface area contributed by atoms with E-state index in [4.69, 9.17) is 9.15 Å². The summed E-state index contributed by atoms with van der Waals surface area (Å²) in [6.07, 6.45) is 3.40. The van der Waals surface area contributed by atoms with Gasteiger partial charge in [-0.1, -0.05) is 29.8 Å². The van der Waals surface area contributed by atoms with E-state index in [1.54, 1.807) is 19.4 Å². The van der Waals surface area contributed by atoms with Crippen LogP contribution in [0.3, 0.4) is 0 Å². The van der Waals surface area contributed by atoms with Gasteiger partial charge in [-0.2, -0.15) is 0 Å². The minimum absolute atomic E-state index is 0.179. The van der Waals surface area contributed by atoms with Gasteiger partial charge in [0.2, 0.25) is 5.91 Å². The molecule has 0 bridgehead atoms. The van der Waals surface area contributed by atoms with Gasteiger partial charge in [-0.25, -0.2) is 0 Å². The number of fused-ring (bicyclic) bond motifs is 1. The van der Waals surface area contributed by atoms with Crippen molar-refractivity contribution in [2.45, 2.75) is 34.6 Å². The van der Waals surface area contributed by atoms with E-state index < -0.39 is 0 Å². The molecule has 1 N–H and O–H groups in total. The highest BCUT2D eigenvalue weighted by molar-refractivity contribution is 6.05. The monoisotopic (exact) mass is 439 g/mol. The van der Waals surface area contributed by atoms with Gasteiger partial charge in [-0.3, -0.25) is 4.79 Å². The fourth-order valence-electron chi connectivity index (χ4n) is 4.36. The van der Waals surface area contributed by atoms with E-state index in [9.17, 15) is 4.79 Å². The van der Waals surface area contributed by atoms with Gasteiger partial charge >= 0.3 is 0 Å². The molecule has 0 radical (unpaired) electrons. The zero-order valence-corrected chi connectivity index (χ0v) is 20.0. The quantitative estimate of drug-likeness (QED) is 0.330. The molecule has 0 aliphatic carbocycles. The predicted molar refractivity (Wildman–Crippen MR) is 136 cm³/mol. The van der Waals surface area contributed by atoms with Gasteiger partial charge in [-0.15, -0.1) is 0 Å². The van der Waals surface area contributed by atoms with Crippen molar-refractivity contribution < 1.29 is 13.9 Å². The molecular weight excluding hydrogens is 410 g/mol. The van der Waals surface area contributed by atoms with E-state index in [-0.39, 0.29) is 5.91 Å². The Morgan fingerprint density at radius 2 is 1.64 bits per heavy atom. The highest BCUT2D eigenvalue weighted by atomic mass is 16.5. The fraction of sp³-hybridized carbons (Fsp3) is 0.207. The average molecular weight is 440 g/mol. The number of amides is 1. The lowest BCUT2D eigenvalue weighted by molar-refractivity contribution is -0.111. The first kappa shape index (κ1) is 22.4. The second-order valence-electron chi connectivity index (χ2n) is 8.71. The van der Waals surface area contributed by atoms with Crippen LogP contribution in [-0.4, -0.2) is 13.0 Å². The molecule has 1 amide bonds. The van der Waals surface area contributed by atoms with Crippen LogP contribution in [0, 0.1) is 27.7 Å². The molecule has 0 aliphatic rings. The third-order valence-corrected chi connectivity index (χ3v) is 5.83. The molecule has 0 fully saturated rings. The average Bonchev–Trinajstić information content (AvgIpc) is 3.14. The number of hydrogen-bond donors (Lipinski definition) is 1. The number of carbonyl (C=O) groups excluding carboxylic acids is 1. The lowest BCUT2D eigenvalue weighted by Crippen LogP contribution is -2.09. The predicted octanol–water partition coefficient (Wildman–Crippen LogP) is 7.38. The SMILES string of the molecule is COc1cc2occ(-c3ccc(C)cc3C)c2cc1/C(C)=C/C(=O)Nc1cc(C)cc(C)c1. The van der Waals surface area contributed by atoms with Crippen molar-refractivity contribution in [2.24, 2.45) is 0 Å². The van der Waals surface area contributed by atoms with Crippen LogP contribution >= 0.6 is 0 Å². The Hall–Kier alpha value is -3.79. The number of ether oxygens (including phenoxy) is 1. The van der Waals surface area contributed by atoms with Crippen LogP contribution in [0.1, 0.15) is 34.7 Å². The van der Waals surface area contributed by atoms with E-state index in [1.807, 2.05) is 45.0 Å². The van der Waals surface area contributed by atoms with Gasteiger partial charge in [0.1, 0.15) is 11.3 Å². The van der Waals surface area contributed by atoms with Gasteiger partial charge in [0, 0.05) is 34.3 Å². The highest BCUT2D eigenvalue weighted by Gasteiger charge is 2.16. The van der Waals surface area contributed by atoms with Crippen LogP contribution in [0.15, 0.2) is 65.3 Å². The summed E-state index contributed by atoms with van der Waals surface area (Å²) in [6.45, 7) is 10.1. The van der Waals surface area contributed by atoms with Gasteiger partial charge in [-0.05, 0) is 80.6 Å². The Bertz CT molecular complexity index is 1370. The van der Waals surface area contributed by atoms with Gasteiger partial charge < -0.3 is 14.5 Å². The minimum Gasteiger partial charge on any atom is -0.496 e. The third-order valence-electron chi connectivity index (χ3n) is 5.83. The Morgan fingerprint density at radius 1 is 0.909 bits per heavy atom. The maximum absolute atomic E-state index is 12.8. The standard InChI is InChI=1S/C29H29NO3/c1-17-7-8-23(20(4)10-17)26-16-33-28-15-27(32-6)24(14-25(26)28)21(5)13-29(31)30-22-11-18(2)9-19(3)12-22/h7-16H,1-6H3,(H,30,31)/b21-13+.